The maximum atomic E-state index is 12.6. The van der Waals surface area contributed by atoms with Gasteiger partial charge in [0.25, 0.3) is 0 Å². The molecule has 1 fully saturated rings. The Labute approximate surface area is 195 Å². The van der Waals surface area contributed by atoms with Crippen molar-refractivity contribution in [1.29, 1.82) is 5.41 Å². The Morgan fingerprint density at radius 1 is 1.15 bits per heavy atom. The zero-order chi connectivity index (χ0) is 24.0. The van der Waals surface area contributed by atoms with Crippen LogP contribution in [-0.4, -0.2) is 35.2 Å². The highest BCUT2D eigenvalue weighted by atomic mass is 16.5. The van der Waals surface area contributed by atoms with Gasteiger partial charge < -0.3 is 20.8 Å². The highest BCUT2D eigenvalue weighted by Gasteiger charge is 2.25. The van der Waals surface area contributed by atoms with E-state index >= 15 is 0 Å². The first-order chi connectivity index (χ1) is 15.8. The number of benzene rings is 1. The van der Waals surface area contributed by atoms with E-state index in [9.17, 15) is 9.59 Å². The van der Waals surface area contributed by atoms with Gasteiger partial charge in [-0.15, -0.1) is 0 Å². The SMILES string of the molecule is CCOC(=O)c1cc(-c2ccc(NC(C)=O)cc2)c(C(=N)C(C)C)c(NC2CCCCC2)n1. The van der Waals surface area contributed by atoms with Gasteiger partial charge in [0, 0.05) is 29.9 Å². The quantitative estimate of drug-likeness (QED) is 0.356. The molecule has 7 heteroatoms. The monoisotopic (exact) mass is 450 g/mol. The standard InChI is InChI=1S/C26H34N4O3/c1-5-33-26(32)22-15-21(18-11-13-20(14-12-18)28-17(4)31)23(24(27)16(2)3)25(30-22)29-19-9-7-6-8-10-19/h11-16,19,27H,5-10H2,1-4H3,(H,28,31)(H,29,30). The number of rotatable bonds is 8. The second-order valence-corrected chi connectivity index (χ2v) is 8.81. The van der Waals surface area contributed by atoms with Gasteiger partial charge in [-0.2, -0.15) is 0 Å². The fourth-order valence-electron chi connectivity index (χ4n) is 4.12. The van der Waals surface area contributed by atoms with Gasteiger partial charge in [0.1, 0.15) is 5.82 Å². The van der Waals surface area contributed by atoms with Crippen LogP contribution in [0.3, 0.4) is 0 Å². The molecule has 1 aromatic carbocycles. The summed E-state index contributed by atoms with van der Waals surface area (Å²) >= 11 is 0. The molecule has 1 heterocycles. The van der Waals surface area contributed by atoms with Crippen LogP contribution in [0, 0.1) is 11.3 Å². The van der Waals surface area contributed by atoms with Crippen molar-refractivity contribution in [3.05, 3.63) is 41.6 Å². The van der Waals surface area contributed by atoms with Crippen LogP contribution in [0.1, 0.15) is 75.9 Å². The molecule has 1 saturated carbocycles. The fraction of sp³-hybridized carbons (Fsp3) is 0.462. The molecule has 1 amide bonds. The Morgan fingerprint density at radius 2 is 1.82 bits per heavy atom. The molecule has 33 heavy (non-hydrogen) atoms. The lowest BCUT2D eigenvalue weighted by Gasteiger charge is -2.26. The third-order valence-electron chi connectivity index (χ3n) is 5.81. The van der Waals surface area contributed by atoms with Crippen molar-refractivity contribution < 1.29 is 14.3 Å². The summed E-state index contributed by atoms with van der Waals surface area (Å²) in [6.45, 7) is 7.46. The summed E-state index contributed by atoms with van der Waals surface area (Å²) < 4.78 is 5.24. The fourth-order valence-corrected chi connectivity index (χ4v) is 4.12. The van der Waals surface area contributed by atoms with Gasteiger partial charge in [0.15, 0.2) is 5.69 Å². The van der Waals surface area contributed by atoms with Crippen molar-refractivity contribution in [1.82, 2.24) is 4.98 Å². The van der Waals surface area contributed by atoms with Crippen LogP contribution in [0.4, 0.5) is 11.5 Å². The highest BCUT2D eigenvalue weighted by molar-refractivity contribution is 6.10. The van der Waals surface area contributed by atoms with Crippen LogP contribution in [0.25, 0.3) is 11.1 Å². The van der Waals surface area contributed by atoms with Gasteiger partial charge in [-0.3, -0.25) is 4.79 Å². The van der Waals surface area contributed by atoms with Crippen molar-refractivity contribution in [3.8, 4) is 11.1 Å². The number of ether oxygens (including phenoxy) is 1. The molecule has 2 aromatic rings. The third kappa shape index (κ3) is 6.18. The Kier molecular flexibility index (Phi) is 8.20. The molecule has 0 radical (unpaired) electrons. The van der Waals surface area contributed by atoms with Gasteiger partial charge in [-0.05, 0) is 55.0 Å². The van der Waals surface area contributed by atoms with E-state index in [0.29, 0.717) is 22.8 Å². The molecule has 3 N–H and O–H groups in total. The third-order valence-corrected chi connectivity index (χ3v) is 5.81. The zero-order valence-corrected chi connectivity index (χ0v) is 20.0. The number of esters is 1. The molecule has 0 unspecified atom stereocenters. The van der Waals surface area contributed by atoms with Crippen LogP contribution in [0.5, 0.6) is 0 Å². The minimum Gasteiger partial charge on any atom is -0.461 e. The van der Waals surface area contributed by atoms with E-state index < -0.39 is 5.97 Å². The van der Waals surface area contributed by atoms with Crippen LogP contribution in [-0.2, 0) is 9.53 Å². The summed E-state index contributed by atoms with van der Waals surface area (Å²) in [7, 11) is 0. The van der Waals surface area contributed by atoms with E-state index in [1.807, 2.05) is 38.1 Å². The Bertz CT molecular complexity index is 1010. The number of carbonyl (C=O) groups excluding carboxylic acids is 2. The van der Waals surface area contributed by atoms with Crippen molar-refractivity contribution in [2.75, 3.05) is 17.2 Å². The molecule has 1 aliphatic carbocycles. The number of nitrogens with one attached hydrogen (secondary N) is 3. The van der Waals surface area contributed by atoms with E-state index in [2.05, 4.69) is 15.6 Å². The summed E-state index contributed by atoms with van der Waals surface area (Å²) in [4.78, 5) is 28.7. The summed E-state index contributed by atoms with van der Waals surface area (Å²) in [6.07, 6.45) is 5.63. The summed E-state index contributed by atoms with van der Waals surface area (Å²) in [5.74, 6) is -0.0860. The number of carbonyl (C=O) groups is 2. The van der Waals surface area contributed by atoms with E-state index in [1.54, 1.807) is 13.0 Å². The summed E-state index contributed by atoms with van der Waals surface area (Å²) in [6, 6.07) is 9.38. The first kappa shape index (κ1) is 24.4. The average molecular weight is 451 g/mol. The number of amides is 1. The lowest BCUT2D eigenvalue weighted by atomic mass is 9.90. The van der Waals surface area contributed by atoms with Crippen molar-refractivity contribution in [3.63, 3.8) is 0 Å². The number of hydrogen-bond donors (Lipinski definition) is 3. The molecule has 7 nitrogen and oxygen atoms in total. The maximum Gasteiger partial charge on any atom is 0.357 e. The molecule has 0 atom stereocenters. The van der Waals surface area contributed by atoms with Crippen molar-refractivity contribution in [2.45, 2.75) is 65.8 Å². The lowest BCUT2D eigenvalue weighted by Crippen LogP contribution is -2.26. The van der Waals surface area contributed by atoms with Crippen molar-refractivity contribution in [2.24, 2.45) is 5.92 Å². The molecule has 176 valence electrons. The zero-order valence-electron chi connectivity index (χ0n) is 20.0. The first-order valence-corrected chi connectivity index (χ1v) is 11.8. The highest BCUT2D eigenvalue weighted by Crippen LogP contribution is 2.34. The molecule has 0 aliphatic heterocycles. The number of pyridine rings is 1. The first-order valence-electron chi connectivity index (χ1n) is 11.8. The molecular formula is C26H34N4O3. The number of anilines is 2. The van der Waals surface area contributed by atoms with E-state index in [0.717, 1.165) is 36.8 Å². The largest absolute Gasteiger partial charge is 0.461 e. The van der Waals surface area contributed by atoms with E-state index in [4.69, 9.17) is 10.1 Å². The second kappa shape index (κ2) is 11.1. The minimum absolute atomic E-state index is 0.0236. The molecular weight excluding hydrogens is 416 g/mol. The number of nitrogens with zero attached hydrogens (tertiary/aromatic N) is 1. The second-order valence-electron chi connectivity index (χ2n) is 8.81. The lowest BCUT2D eigenvalue weighted by molar-refractivity contribution is -0.114. The molecule has 3 rings (SSSR count). The Hall–Kier alpha value is -3.22. The van der Waals surface area contributed by atoms with Gasteiger partial charge >= 0.3 is 5.97 Å². The normalized spacial score (nSPS) is 14.1. The van der Waals surface area contributed by atoms with E-state index in [-0.39, 0.29) is 30.2 Å². The van der Waals surface area contributed by atoms with Crippen LogP contribution >= 0.6 is 0 Å². The van der Waals surface area contributed by atoms with Crippen LogP contribution < -0.4 is 10.6 Å². The smallest absolute Gasteiger partial charge is 0.357 e. The Balaban J connectivity index is 2.15. The predicted molar refractivity (Wildman–Crippen MR) is 132 cm³/mol. The summed E-state index contributed by atoms with van der Waals surface area (Å²) in [5.41, 5.74) is 3.65. The predicted octanol–water partition coefficient (Wildman–Crippen LogP) is 5.65. The maximum absolute atomic E-state index is 12.6. The van der Waals surface area contributed by atoms with Gasteiger partial charge in [0.2, 0.25) is 5.91 Å². The van der Waals surface area contributed by atoms with Crippen molar-refractivity contribution >= 4 is 29.1 Å². The van der Waals surface area contributed by atoms with Crippen LogP contribution in [0.2, 0.25) is 0 Å². The minimum atomic E-state index is -0.483. The Morgan fingerprint density at radius 3 is 2.39 bits per heavy atom. The number of aromatic nitrogens is 1. The van der Waals surface area contributed by atoms with E-state index in [1.165, 1.54) is 13.3 Å². The van der Waals surface area contributed by atoms with Crippen LogP contribution in [0.15, 0.2) is 30.3 Å². The van der Waals surface area contributed by atoms with Gasteiger partial charge in [-0.1, -0.05) is 45.2 Å². The molecule has 0 saturated heterocycles. The summed E-state index contributed by atoms with van der Waals surface area (Å²) in [5, 5.41) is 15.2. The van der Waals surface area contributed by atoms with Gasteiger partial charge in [0.05, 0.1) is 6.61 Å². The van der Waals surface area contributed by atoms with Gasteiger partial charge in [-0.25, -0.2) is 9.78 Å². The molecule has 0 bridgehead atoms. The topological polar surface area (TPSA) is 104 Å². The number of hydrogen-bond acceptors (Lipinski definition) is 6. The molecule has 0 spiro atoms. The molecule has 1 aliphatic rings. The average Bonchev–Trinajstić information content (AvgIpc) is 2.79. The molecule has 1 aromatic heterocycles.